The minimum atomic E-state index is -3.51. The molecule has 2 saturated carbocycles. The zero-order valence-electron chi connectivity index (χ0n) is 15.7. The van der Waals surface area contributed by atoms with Crippen molar-refractivity contribution < 1.29 is 18.4 Å². The monoisotopic (exact) mass is 470 g/mol. The minimum Gasteiger partial charge on any atom is -0.289 e. The summed E-state index contributed by atoms with van der Waals surface area (Å²) in [5.41, 5.74) is 1.64. The van der Waals surface area contributed by atoms with Crippen molar-refractivity contribution in [2.45, 2.75) is 43.4 Å². The van der Waals surface area contributed by atoms with Gasteiger partial charge in [0.15, 0.2) is 0 Å². The second-order valence-electron chi connectivity index (χ2n) is 7.74. The molecule has 0 spiro atoms. The Morgan fingerprint density at radius 1 is 1.21 bits per heavy atom. The Hall–Kier alpha value is -1.22. The number of carbonyl (C=O) groups is 1. The highest BCUT2D eigenvalue weighted by atomic mass is 79.9. The van der Waals surface area contributed by atoms with E-state index in [0.717, 1.165) is 10.9 Å². The number of fused-ring (bicyclic) bond motifs is 2. The molecule has 8 heteroatoms. The summed E-state index contributed by atoms with van der Waals surface area (Å²) in [5.74, 6) is 1.55. The smallest absolute Gasteiger partial charge is 0.243 e. The van der Waals surface area contributed by atoms with Crippen molar-refractivity contribution in [3.63, 3.8) is 0 Å². The summed E-state index contributed by atoms with van der Waals surface area (Å²) in [6.45, 7) is 0.460. The Labute approximate surface area is 174 Å². The first-order valence-electron chi connectivity index (χ1n) is 9.75. The fourth-order valence-corrected chi connectivity index (χ4v) is 5.99. The van der Waals surface area contributed by atoms with Gasteiger partial charge in [0.1, 0.15) is 0 Å². The van der Waals surface area contributed by atoms with E-state index in [2.05, 4.69) is 32.8 Å². The molecule has 6 nitrogen and oxygen atoms in total. The molecule has 0 aliphatic heterocycles. The number of allylic oxidation sites excluding steroid dienone is 2. The molecule has 154 valence electrons. The maximum atomic E-state index is 12.6. The van der Waals surface area contributed by atoms with Crippen LogP contribution in [0.4, 0.5) is 0 Å². The van der Waals surface area contributed by atoms with Gasteiger partial charge in [-0.3, -0.25) is 10.0 Å². The molecular weight excluding hydrogens is 444 g/mol. The molecule has 28 heavy (non-hydrogen) atoms. The lowest BCUT2D eigenvalue weighted by molar-refractivity contribution is -0.129. The zero-order chi connectivity index (χ0) is 20.1. The number of hydroxylamine groups is 1. The molecule has 0 aromatic heterocycles. The van der Waals surface area contributed by atoms with Gasteiger partial charge in [0.05, 0.1) is 4.90 Å². The number of hydrogen-bond donors (Lipinski definition) is 3. The predicted octanol–water partition coefficient (Wildman–Crippen LogP) is 3.62. The van der Waals surface area contributed by atoms with Gasteiger partial charge >= 0.3 is 0 Å². The van der Waals surface area contributed by atoms with Crippen LogP contribution in [0.3, 0.4) is 0 Å². The molecule has 2 bridgehead atoms. The molecule has 0 radical (unpaired) electrons. The molecule has 2 aliphatic carbocycles. The van der Waals surface area contributed by atoms with Crippen molar-refractivity contribution in [1.82, 2.24) is 10.2 Å². The van der Waals surface area contributed by atoms with Gasteiger partial charge < -0.3 is 0 Å². The number of hydrogen-bond acceptors (Lipinski definition) is 4. The van der Waals surface area contributed by atoms with E-state index in [-0.39, 0.29) is 10.8 Å². The van der Waals surface area contributed by atoms with E-state index in [9.17, 15) is 13.2 Å². The number of sulfonamides is 1. The first-order chi connectivity index (χ1) is 13.4. The SMILES string of the molecule is O=C(CCCC=CC1C2CCC(C2)C1CNS(=O)(=O)c1ccc(Br)cc1)NO. The van der Waals surface area contributed by atoms with Crippen molar-refractivity contribution in [3.8, 4) is 0 Å². The normalized spacial score (nSPS) is 26.8. The quantitative estimate of drug-likeness (QED) is 0.222. The maximum absolute atomic E-state index is 12.6. The summed E-state index contributed by atoms with van der Waals surface area (Å²) in [6.07, 6.45) is 9.65. The fourth-order valence-electron chi connectivity index (χ4n) is 4.65. The van der Waals surface area contributed by atoms with Gasteiger partial charge in [-0.25, -0.2) is 18.6 Å². The zero-order valence-corrected chi connectivity index (χ0v) is 18.1. The standard InChI is InChI=1S/C20H27BrN2O4S/c21-16-8-10-17(11-9-16)28(26,27)22-13-19-15-7-6-14(12-15)18(19)4-2-1-3-5-20(24)23-25/h2,4,8-11,14-15,18-19,22,25H,1,3,5-7,12-13H2,(H,23,24). The van der Waals surface area contributed by atoms with E-state index < -0.39 is 10.0 Å². The second-order valence-corrected chi connectivity index (χ2v) is 10.4. The van der Waals surface area contributed by atoms with E-state index >= 15 is 0 Å². The number of halogens is 1. The predicted molar refractivity (Wildman–Crippen MR) is 110 cm³/mol. The minimum absolute atomic E-state index is 0.285. The van der Waals surface area contributed by atoms with E-state index in [0.29, 0.717) is 43.1 Å². The molecule has 1 amide bonds. The average molecular weight is 471 g/mol. The summed E-state index contributed by atoms with van der Waals surface area (Å²) < 4.78 is 28.9. The Morgan fingerprint density at radius 3 is 2.64 bits per heavy atom. The first-order valence-corrected chi connectivity index (χ1v) is 12.0. The van der Waals surface area contributed by atoms with Gasteiger partial charge in [0.25, 0.3) is 0 Å². The van der Waals surface area contributed by atoms with E-state index in [1.807, 2.05) is 0 Å². The largest absolute Gasteiger partial charge is 0.289 e. The van der Waals surface area contributed by atoms with Crippen LogP contribution in [0.1, 0.15) is 38.5 Å². The molecule has 3 rings (SSSR count). The molecule has 1 aromatic rings. The van der Waals surface area contributed by atoms with Gasteiger partial charge in [0.2, 0.25) is 15.9 Å². The Kier molecular flexibility index (Phi) is 7.31. The number of amides is 1. The molecule has 2 aliphatic rings. The highest BCUT2D eigenvalue weighted by Crippen LogP contribution is 2.52. The third-order valence-corrected chi connectivity index (χ3v) is 8.02. The van der Waals surface area contributed by atoms with Gasteiger partial charge in [-0.2, -0.15) is 0 Å². The number of nitrogens with one attached hydrogen (secondary N) is 2. The highest BCUT2D eigenvalue weighted by molar-refractivity contribution is 9.10. The van der Waals surface area contributed by atoms with Crippen molar-refractivity contribution in [2.24, 2.45) is 23.7 Å². The van der Waals surface area contributed by atoms with Crippen LogP contribution in [0.15, 0.2) is 45.8 Å². The maximum Gasteiger partial charge on any atom is 0.243 e. The molecule has 3 N–H and O–H groups in total. The Morgan fingerprint density at radius 2 is 1.93 bits per heavy atom. The van der Waals surface area contributed by atoms with Gasteiger partial charge in [-0.05, 0) is 80.0 Å². The van der Waals surface area contributed by atoms with Gasteiger partial charge in [0, 0.05) is 17.4 Å². The van der Waals surface area contributed by atoms with E-state index in [4.69, 9.17) is 5.21 Å². The van der Waals surface area contributed by atoms with Crippen LogP contribution in [-0.4, -0.2) is 26.1 Å². The van der Waals surface area contributed by atoms with Crippen molar-refractivity contribution in [1.29, 1.82) is 0 Å². The average Bonchev–Trinajstić information content (AvgIpc) is 3.28. The lowest BCUT2D eigenvalue weighted by Gasteiger charge is -2.29. The lowest BCUT2D eigenvalue weighted by Crippen LogP contribution is -2.35. The summed E-state index contributed by atoms with van der Waals surface area (Å²) in [7, 11) is -3.51. The Bertz CT molecular complexity index is 810. The number of carbonyl (C=O) groups excluding carboxylic acids is 1. The van der Waals surface area contributed by atoms with Crippen molar-refractivity contribution >= 4 is 31.9 Å². The number of unbranched alkanes of at least 4 members (excludes halogenated alkanes) is 1. The van der Waals surface area contributed by atoms with Crippen LogP contribution in [-0.2, 0) is 14.8 Å². The fraction of sp³-hybridized carbons (Fsp3) is 0.550. The molecular formula is C20H27BrN2O4S. The topological polar surface area (TPSA) is 95.5 Å². The van der Waals surface area contributed by atoms with Crippen LogP contribution in [0, 0.1) is 23.7 Å². The first kappa shape index (κ1) is 21.5. The van der Waals surface area contributed by atoms with Crippen molar-refractivity contribution in [3.05, 3.63) is 40.9 Å². The summed E-state index contributed by atoms with van der Waals surface area (Å²) in [4.78, 5) is 11.3. The summed E-state index contributed by atoms with van der Waals surface area (Å²) in [5, 5.41) is 8.51. The highest BCUT2D eigenvalue weighted by Gasteiger charge is 2.46. The molecule has 2 fully saturated rings. The molecule has 0 saturated heterocycles. The van der Waals surface area contributed by atoms with Crippen LogP contribution in [0.5, 0.6) is 0 Å². The molecule has 1 aromatic carbocycles. The van der Waals surface area contributed by atoms with Crippen LogP contribution in [0.25, 0.3) is 0 Å². The molecule has 0 heterocycles. The van der Waals surface area contributed by atoms with Gasteiger partial charge in [-0.15, -0.1) is 0 Å². The molecule has 4 unspecified atom stereocenters. The molecule has 4 atom stereocenters. The number of rotatable bonds is 9. The van der Waals surface area contributed by atoms with Crippen LogP contribution in [0.2, 0.25) is 0 Å². The second kappa shape index (κ2) is 9.52. The van der Waals surface area contributed by atoms with E-state index in [1.54, 1.807) is 29.7 Å². The van der Waals surface area contributed by atoms with Crippen LogP contribution < -0.4 is 10.2 Å². The van der Waals surface area contributed by atoms with E-state index in [1.165, 1.54) is 19.3 Å². The third-order valence-electron chi connectivity index (χ3n) is 6.05. The third kappa shape index (κ3) is 5.23. The van der Waals surface area contributed by atoms with Crippen molar-refractivity contribution in [2.75, 3.05) is 6.54 Å². The lowest BCUT2D eigenvalue weighted by atomic mass is 9.79. The van der Waals surface area contributed by atoms with Gasteiger partial charge in [-0.1, -0.05) is 28.1 Å². The van der Waals surface area contributed by atoms with Crippen LogP contribution >= 0.6 is 15.9 Å². The summed E-state index contributed by atoms with van der Waals surface area (Å²) in [6, 6.07) is 6.67. The number of benzene rings is 1. The summed E-state index contributed by atoms with van der Waals surface area (Å²) >= 11 is 3.32. The Balaban J connectivity index is 1.57.